The molecule has 2 aromatic carbocycles. The highest BCUT2D eigenvalue weighted by atomic mass is 32.2. The second-order valence-corrected chi connectivity index (χ2v) is 6.65. The van der Waals surface area contributed by atoms with Gasteiger partial charge >= 0.3 is 0 Å². The minimum Gasteiger partial charge on any atom is -0.495 e. The van der Waals surface area contributed by atoms with E-state index >= 15 is 0 Å². The number of hydrogen-bond donors (Lipinski definition) is 2. The van der Waals surface area contributed by atoms with E-state index in [-0.39, 0.29) is 18.3 Å². The number of aryl methyl sites for hydroxylation is 1. The highest BCUT2D eigenvalue weighted by Crippen LogP contribution is 2.23. The lowest BCUT2D eigenvalue weighted by Gasteiger charge is -2.08. The number of nitrogens with one attached hydrogen (secondary N) is 2. The van der Waals surface area contributed by atoms with Crippen molar-refractivity contribution in [2.45, 2.75) is 18.7 Å². The first-order valence-electron chi connectivity index (χ1n) is 8.30. The number of para-hydroxylation sites is 2. The van der Waals surface area contributed by atoms with Crippen LogP contribution in [0.15, 0.2) is 53.7 Å². The number of H-pyrrole nitrogens is 1. The number of aromatic nitrogens is 3. The fourth-order valence-corrected chi connectivity index (χ4v) is 2.87. The molecule has 2 N–H and O–H groups in total. The normalized spacial score (nSPS) is 10.4. The minimum absolute atomic E-state index is 0.160. The van der Waals surface area contributed by atoms with Crippen molar-refractivity contribution in [2.75, 3.05) is 18.2 Å². The van der Waals surface area contributed by atoms with Crippen molar-refractivity contribution in [3.63, 3.8) is 0 Å². The van der Waals surface area contributed by atoms with Crippen LogP contribution in [0.3, 0.4) is 0 Å². The van der Waals surface area contributed by atoms with Gasteiger partial charge in [0.2, 0.25) is 11.1 Å². The third-order valence-corrected chi connectivity index (χ3v) is 4.47. The summed E-state index contributed by atoms with van der Waals surface area (Å²) in [7, 11) is 1.56. The molecule has 0 bridgehead atoms. The molecular formula is C19H20N4O3S. The molecule has 0 aliphatic carbocycles. The van der Waals surface area contributed by atoms with Crippen LogP contribution in [0.1, 0.15) is 11.4 Å². The maximum absolute atomic E-state index is 12.1. The Morgan fingerprint density at radius 2 is 1.96 bits per heavy atom. The average Bonchev–Trinajstić information content (AvgIpc) is 3.14. The summed E-state index contributed by atoms with van der Waals surface area (Å²) < 4.78 is 10.9. The first-order chi connectivity index (χ1) is 13.1. The lowest BCUT2D eigenvalue weighted by Crippen LogP contribution is -2.14. The van der Waals surface area contributed by atoms with E-state index in [0.717, 1.165) is 5.75 Å². The van der Waals surface area contributed by atoms with Gasteiger partial charge in [-0.05, 0) is 31.2 Å². The Hall–Kier alpha value is -3.00. The number of hydrogen-bond acceptors (Lipinski definition) is 6. The molecule has 7 nitrogen and oxygen atoms in total. The van der Waals surface area contributed by atoms with Gasteiger partial charge in [-0.3, -0.25) is 9.89 Å². The Bertz CT molecular complexity index is 896. The Kier molecular flexibility index (Phi) is 6.32. The molecule has 0 aliphatic rings. The van der Waals surface area contributed by atoms with Gasteiger partial charge in [-0.15, -0.1) is 5.10 Å². The number of thioether (sulfide) groups is 1. The Labute approximate surface area is 161 Å². The summed E-state index contributed by atoms with van der Waals surface area (Å²) in [6.45, 7) is 2.30. The fraction of sp³-hybridized carbons (Fsp3) is 0.211. The molecule has 0 fully saturated rings. The van der Waals surface area contributed by atoms with Crippen LogP contribution in [0, 0.1) is 6.92 Å². The Balaban J connectivity index is 1.47. The second-order valence-electron chi connectivity index (χ2n) is 5.70. The van der Waals surface area contributed by atoms with Gasteiger partial charge < -0.3 is 14.8 Å². The quantitative estimate of drug-likeness (QED) is 0.579. The maximum Gasteiger partial charge on any atom is 0.234 e. The zero-order valence-electron chi connectivity index (χ0n) is 15.1. The van der Waals surface area contributed by atoms with Gasteiger partial charge in [-0.25, -0.2) is 4.98 Å². The molecule has 0 spiro atoms. The van der Waals surface area contributed by atoms with Crippen LogP contribution in [-0.2, 0) is 11.4 Å². The molecule has 1 heterocycles. The highest BCUT2D eigenvalue weighted by molar-refractivity contribution is 7.99. The molecule has 0 radical (unpaired) electrons. The highest BCUT2D eigenvalue weighted by Gasteiger charge is 2.10. The fourth-order valence-electron chi connectivity index (χ4n) is 2.26. The van der Waals surface area contributed by atoms with E-state index in [0.29, 0.717) is 22.4 Å². The van der Waals surface area contributed by atoms with Gasteiger partial charge in [0, 0.05) is 0 Å². The number of rotatable bonds is 8. The van der Waals surface area contributed by atoms with Crippen LogP contribution in [-0.4, -0.2) is 34.0 Å². The van der Waals surface area contributed by atoms with Crippen molar-refractivity contribution in [1.29, 1.82) is 0 Å². The first kappa shape index (κ1) is 18.8. The number of amides is 1. The number of anilines is 1. The number of carbonyl (C=O) groups excluding carboxylic acids is 1. The van der Waals surface area contributed by atoms with Crippen LogP contribution in [0.4, 0.5) is 5.69 Å². The molecule has 0 saturated carbocycles. The summed E-state index contributed by atoms with van der Waals surface area (Å²) in [6.07, 6.45) is 0. The number of ether oxygens (including phenoxy) is 2. The van der Waals surface area contributed by atoms with Gasteiger partial charge in [-0.1, -0.05) is 41.6 Å². The average molecular weight is 384 g/mol. The van der Waals surface area contributed by atoms with Crippen molar-refractivity contribution >= 4 is 23.4 Å². The van der Waals surface area contributed by atoms with Crippen LogP contribution in [0.2, 0.25) is 0 Å². The van der Waals surface area contributed by atoms with E-state index < -0.39 is 0 Å². The second kappa shape index (κ2) is 9.09. The maximum atomic E-state index is 12.1. The first-order valence-corrected chi connectivity index (χ1v) is 9.29. The van der Waals surface area contributed by atoms with E-state index in [1.807, 2.05) is 43.3 Å². The van der Waals surface area contributed by atoms with Gasteiger partial charge in [0.05, 0.1) is 18.6 Å². The zero-order chi connectivity index (χ0) is 19.1. The molecule has 0 unspecified atom stereocenters. The summed E-state index contributed by atoms with van der Waals surface area (Å²) in [5.74, 6) is 2.01. The summed E-state index contributed by atoms with van der Waals surface area (Å²) >= 11 is 1.24. The molecule has 1 amide bonds. The lowest BCUT2D eigenvalue weighted by molar-refractivity contribution is -0.113. The molecular weight excluding hydrogens is 364 g/mol. The molecule has 140 valence electrons. The summed E-state index contributed by atoms with van der Waals surface area (Å²) in [5, 5.41) is 10.2. The number of methoxy groups -OCH3 is 1. The van der Waals surface area contributed by atoms with Gasteiger partial charge in [0.15, 0.2) is 5.82 Å². The molecule has 3 aromatic rings. The SMILES string of the molecule is COc1ccccc1NC(=O)CSc1n[nH]c(COc2ccc(C)cc2)n1. The molecule has 0 saturated heterocycles. The number of nitrogens with zero attached hydrogens (tertiary/aromatic N) is 2. The molecule has 8 heteroatoms. The third kappa shape index (κ3) is 5.49. The third-order valence-electron chi connectivity index (χ3n) is 3.62. The predicted molar refractivity (Wildman–Crippen MR) is 104 cm³/mol. The molecule has 0 aliphatic heterocycles. The smallest absolute Gasteiger partial charge is 0.234 e. The van der Waals surface area contributed by atoms with E-state index in [1.54, 1.807) is 19.2 Å². The largest absolute Gasteiger partial charge is 0.495 e. The van der Waals surface area contributed by atoms with Crippen LogP contribution >= 0.6 is 11.8 Å². The summed E-state index contributed by atoms with van der Waals surface area (Å²) in [5.41, 5.74) is 1.81. The summed E-state index contributed by atoms with van der Waals surface area (Å²) in [6, 6.07) is 15.0. The number of carbonyl (C=O) groups is 1. The van der Waals surface area contributed by atoms with E-state index in [1.165, 1.54) is 17.3 Å². The van der Waals surface area contributed by atoms with Crippen molar-refractivity contribution in [3.05, 3.63) is 59.9 Å². The summed E-state index contributed by atoms with van der Waals surface area (Å²) in [4.78, 5) is 16.4. The van der Waals surface area contributed by atoms with Crippen LogP contribution < -0.4 is 14.8 Å². The molecule has 0 atom stereocenters. The van der Waals surface area contributed by atoms with Crippen molar-refractivity contribution in [2.24, 2.45) is 0 Å². The predicted octanol–water partition coefficient (Wildman–Crippen LogP) is 3.43. The van der Waals surface area contributed by atoms with Crippen molar-refractivity contribution < 1.29 is 14.3 Å². The van der Waals surface area contributed by atoms with Crippen molar-refractivity contribution in [3.8, 4) is 11.5 Å². The Morgan fingerprint density at radius 1 is 1.19 bits per heavy atom. The van der Waals surface area contributed by atoms with E-state index in [4.69, 9.17) is 9.47 Å². The van der Waals surface area contributed by atoms with Gasteiger partial charge in [-0.2, -0.15) is 0 Å². The van der Waals surface area contributed by atoms with E-state index in [2.05, 4.69) is 20.5 Å². The monoisotopic (exact) mass is 384 g/mol. The number of aromatic amines is 1. The molecule has 3 rings (SSSR count). The van der Waals surface area contributed by atoms with E-state index in [9.17, 15) is 4.79 Å². The van der Waals surface area contributed by atoms with Crippen LogP contribution in [0.25, 0.3) is 0 Å². The van der Waals surface area contributed by atoms with Crippen LogP contribution in [0.5, 0.6) is 11.5 Å². The number of benzene rings is 2. The standard InChI is InChI=1S/C19H20N4O3S/c1-13-7-9-14(10-8-13)26-11-17-21-19(23-22-17)27-12-18(24)20-15-5-3-4-6-16(15)25-2/h3-10H,11-12H2,1-2H3,(H,20,24)(H,21,22,23). The lowest BCUT2D eigenvalue weighted by atomic mass is 10.2. The van der Waals surface area contributed by atoms with Gasteiger partial charge in [0.1, 0.15) is 18.1 Å². The molecule has 1 aromatic heterocycles. The molecule has 27 heavy (non-hydrogen) atoms. The topological polar surface area (TPSA) is 89.1 Å². The van der Waals surface area contributed by atoms with Gasteiger partial charge in [0.25, 0.3) is 0 Å². The van der Waals surface area contributed by atoms with Crippen molar-refractivity contribution in [1.82, 2.24) is 15.2 Å². The minimum atomic E-state index is -0.160. The Morgan fingerprint density at radius 3 is 2.74 bits per heavy atom. The zero-order valence-corrected chi connectivity index (χ0v) is 15.9.